The van der Waals surface area contributed by atoms with Crippen LogP contribution in [0.1, 0.15) is 24.0 Å². The first-order valence-electron chi connectivity index (χ1n) is 8.25. The fourth-order valence-corrected chi connectivity index (χ4v) is 2.45. The summed E-state index contributed by atoms with van der Waals surface area (Å²) in [7, 11) is 1.36. The van der Waals surface area contributed by atoms with E-state index in [-0.39, 0.29) is 25.0 Å². The van der Waals surface area contributed by atoms with Crippen LogP contribution in [0.3, 0.4) is 0 Å². The lowest BCUT2D eigenvalue weighted by Gasteiger charge is -2.18. The zero-order chi connectivity index (χ0) is 17.9. The van der Waals surface area contributed by atoms with Gasteiger partial charge in [0.25, 0.3) is 0 Å². The Kier molecular flexibility index (Phi) is 7.50. The second-order valence-electron chi connectivity index (χ2n) is 5.71. The molecule has 132 valence electrons. The highest BCUT2D eigenvalue weighted by molar-refractivity contribution is 5.70. The van der Waals surface area contributed by atoms with Crippen LogP contribution in [-0.4, -0.2) is 25.2 Å². The van der Waals surface area contributed by atoms with Crippen molar-refractivity contribution in [1.29, 1.82) is 0 Å². The first-order valence-corrected chi connectivity index (χ1v) is 8.25. The lowest BCUT2D eigenvalue weighted by Crippen LogP contribution is -2.37. The third-order valence-electron chi connectivity index (χ3n) is 3.78. The molecular weight excluding hydrogens is 318 g/mol. The normalized spacial score (nSPS) is 11.4. The van der Waals surface area contributed by atoms with E-state index < -0.39 is 6.09 Å². The fraction of sp³-hybridized carbons (Fsp3) is 0.300. The number of methoxy groups -OCH3 is 1. The Balaban J connectivity index is 1.89. The van der Waals surface area contributed by atoms with Crippen LogP contribution >= 0.6 is 0 Å². The lowest BCUT2D eigenvalue weighted by atomic mass is 10.0. The molecule has 2 aromatic carbocycles. The molecule has 0 saturated heterocycles. The van der Waals surface area contributed by atoms with Crippen molar-refractivity contribution in [2.45, 2.75) is 31.9 Å². The highest BCUT2D eigenvalue weighted by atomic mass is 16.5. The lowest BCUT2D eigenvalue weighted by molar-refractivity contribution is -0.140. The zero-order valence-electron chi connectivity index (χ0n) is 14.3. The average molecular weight is 341 g/mol. The van der Waals surface area contributed by atoms with Gasteiger partial charge in [0.05, 0.1) is 7.11 Å². The van der Waals surface area contributed by atoms with Crippen molar-refractivity contribution in [3.8, 4) is 0 Å². The molecule has 0 aromatic heterocycles. The monoisotopic (exact) mass is 341 g/mol. The number of carbonyl (C=O) groups is 2. The average Bonchev–Trinajstić information content (AvgIpc) is 2.66. The van der Waals surface area contributed by atoms with E-state index in [9.17, 15) is 9.59 Å². The van der Waals surface area contributed by atoms with Crippen molar-refractivity contribution in [3.05, 3.63) is 71.8 Å². The molecule has 0 aliphatic heterocycles. The third-order valence-corrected chi connectivity index (χ3v) is 3.78. The summed E-state index contributed by atoms with van der Waals surface area (Å²) in [6.07, 6.45) is 0.863. The van der Waals surface area contributed by atoms with Gasteiger partial charge in [-0.05, 0) is 24.0 Å². The van der Waals surface area contributed by atoms with Crippen LogP contribution in [-0.2, 0) is 27.3 Å². The zero-order valence-corrected chi connectivity index (χ0v) is 14.3. The third kappa shape index (κ3) is 7.08. The molecule has 2 aromatic rings. The van der Waals surface area contributed by atoms with Gasteiger partial charge >= 0.3 is 12.1 Å². The largest absolute Gasteiger partial charge is 0.469 e. The van der Waals surface area contributed by atoms with Crippen molar-refractivity contribution in [2.24, 2.45) is 0 Å². The van der Waals surface area contributed by atoms with Gasteiger partial charge in [-0.25, -0.2) is 4.79 Å². The second kappa shape index (κ2) is 10.1. The van der Waals surface area contributed by atoms with Gasteiger partial charge in [-0.2, -0.15) is 0 Å². The number of ether oxygens (including phenoxy) is 2. The Labute approximate surface area is 148 Å². The van der Waals surface area contributed by atoms with Crippen molar-refractivity contribution in [1.82, 2.24) is 5.32 Å². The standard InChI is InChI=1S/C20H23NO4/c1-24-19(22)13-12-18(14-16-8-4-2-5-9-16)21-20(23)25-15-17-10-6-3-7-11-17/h2-11,18H,12-15H2,1H3,(H,21,23)/t18-/m1/s1. The number of rotatable bonds is 8. The van der Waals surface area contributed by atoms with Crippen molar-refractivity contribution < 1.29 is 19.1 Å². The van der Waals surface area contributed by atoms with Crippen molar-refractivity contribution in [2.75, 3.05) is 7.11 Å². The van der Waals surface area contributed by atoms with Crippen LogP contribution in [0.15, 0.2) is 60.7 Å². The van der Waals surface area contributed by atoms with Crippen molar-refractivity contribution in [3.63, 3.8) is 0 Å². The summed E-state index contributed by atoms with van der Waals surface area (Å²) in [6, 6.07) is 19.1. The number of carbonyl (C=O) groups excluding carboxylic acids is 2. The molecule has 0 unspecified atom stereocenters. The number of alkyl carbamates (subject to hydrolysis) is 1. The molecule has 5 heteroatoms. The first-order chi connectivity index (χ1) is 12.2. The van der Waals surface area contributed by atoms with E-state index in [4.69, 9.17) is 4.74 Å². The summed E-state index contributed by atoms with van der Waals surface area (Å²) in [6.45, 7) is 0.210. The van der Waals surface area contributed by atoms with Crippen LogP contribution in [0.4, 0.5) is 4.79 Å². The van der Waals surface area contributed by atoms with E-state index in [2.05, 4.69) is 10.1 Å². The van der Waals surface area contributed by atoms with Gasteiger partial charge < -0.3 is 14.8 Å². The summed E-state index contributed by atoms with van der Waals surface area (Å²) < 4.78 is 9.94. The van der Waals surface area contributed by atoms with Gasteiger partial charge in [0.15, 0.2) is 0 Å². The molecule has 5 nitrogen and oxygen atoms in total. The highest BCUT2D eigenvalue weighted by Crippen LogP contribution is 2.09. The molecule has 2 rings (SSSR count). The number of esters is 1. The molecule has 0 bridgehead atoms. The molecule has 1 N–H and O–H groups in total. The Morgan fingerprint density at radius 1 is 0.960 bits per heavy atom. The Morgan fingerprint density at radius 2 is 1.56 bits per heavy atom. The molecule has 0 aliphatic rings. The van der Waals surface area contributed by atoms with E-state index in [1.54, 1.807) is 0 Å². The smallest absolute Gasteiger partial charge is 0.407 e. The van der Waals surface area contributed by atoms with Gasteiger partial charge in [-0.1, -0.05) is 60.7 Å². The van der Waals surface area contributed by atoms with Crippen LogP contribution < -0.4 is 5.32 Å². The van der Waals surface area contributed by atoms with Gasteiger partial charge in [-0.15, -0.1) is 0 Å². The van der Waals surface area contributed by atoms with E-state index in [1.165, 1.54) is 7.11 Å². The first kappa shape index (κ1) is 18.5. The summed E-state index contributed by atoms with van der Waals surface area (Å²) in [4.78, 5) is 23.5. The van der Waals surface area contributed by atoms with Gasteiger partial charge in [0.1, 0.15) is 6.61 Å². The van der Waals surface area contributed by atoms with Crippen LogP contribution in [0, 0.1) is 0 Å². The van der Waals surface area contributed by atoms with Gasteiger partial charge in [0.2, 0.25) is 0 Å². The number of hydrogen-bond acceptors (Lipinski definition) is 4. The molecule has 0 spiro atoms. The minimum absolute atomic E-state index is 0.204. The summed E-state index contributed by atoms with van der Waals surface area (Å²) in [5.41, 5.74) is 2.01. The Hall–Kier alpha value is -2.82. The van der Waals surface area contributed by atoms with Crippen LogP contribution in [0.25, 0.3) is 0 Å². The molecular formula is C20H23NO4. The van der Waals surface area contributed by atoms with E-state index >= 15 is 0 Å². The van der Waals surface area contributed by atoms with Gasteiger partial charge in [0, 0.05) is 12.5 Å². The molecule has 1 atom stereocenters. The minimum atomic E-state index is -0.491. The molecule has 25 heavy (non-hydrogen) atoms. The van der Waals surface area contributed by atoms with Crippen LogP contribution in [0.5, 0.6) is 0 Å². The maximum absolute atomic E-state index is 12.1. The Bertz CT molecular complexity index is 658. The molecule has 0 radical (unpaired) electrons. The predicted octanol–water partition coefficient (Wildman–Crippen LogP) is 3.48. The summed E-state index contributed by atoms with van der Waals surface area (Å²) in [5.74, 6) is -0.294. The second-order valence-corrected chi connectivity index (χ2v) is 5.71. The quantitative estimate of drug-likeness (QED) is 0.747. The molecule has 0 heterocycles. The minimum Gasteiger partial charge on any atom is -0.469 e. The highest BCUT2D eigenvalue weighted by Gasteiger charge is 2.16. The van der Waals surface area contributed by atoms with Crippen molar-refractivity contribution >= 4 is 12.1 Å². The van der Waals surface area contributed by atoms with Crippen LogP contribution in [0.2, 0.25) is 0 Å². The summed E-state index contributed by atoms with van der Waals surface area (Å²) in [5, 5.41) is 2.85. The maximum Gasteiger partial charge on any atom is 0.407 e. The van der Waals surface area contributed by atoms with E-state index in [1.807, 2.05) is 60.7 Å². The maximum atomic E-state index is 12.1. The number of amides is 1. The predicted molar refractivity (Wildman–Crippen MR) is 94.9 cm³/mol. The number of hydrogen-bond donors (Lipinski definition) is 1. The molecule has 0 saturated carbocycles. The SMILES string of the molecule is COC(=O)CC[C@H](Cc1ccccc1)NC(=O)OCc1ccccc1. The Morgan fingerprint density at radius 3 is 2.16 bits per heavy atom. The molecule has 0 fully saturated rings. The summed E-state index contributed by atoms with van der Waals surface area (Å²) >= 11 is 0. The van der Waals surface area contributed by atoms with E-state index in [0.717, 1.165) is 11.1 Å². The molecule has 1 amide bonds. The fourth-order valence-electron chi connectivity index (χ4n) is 2.45. The number of nitrogens with one attached hydrogen (secondary N) is 1. The molecule has 0 aliphatic carbocycles. The van der Waals surface area contributed by atoms with E-state index in [0.29, 0.717) is 12.8 Å². The number of benzene rings is 2. The topological polar surface area (TPSA) is 64.6 Å². The van der Waals surface area contributed by atoms with Gasteiger partial charge in [-0.3, -0.25) is 4.79 Å².